The van der Waals surface area contributed by atoms with Crippen molar-refractivity contribution in [2.75, 3.05) is 18.5 Å². The van der Waals surface area contributed by atoms with E-state index in [1.807, 2.05) is 35.7 Å². The van der Waals surface area contributed by atoms with Crippen LogP contribution in [0.1, 0.15) is 26.7 Å². The van der Waals surface area contributed by atoms with Crippen molar-refractivity contribution in [3.63, 3.8) is 0 Å². The van der Waals surface area contributed by atoms with E-state index in [1.54, 1.807) is 0 Å². The first-order chi connectivity index (χ1) is 12.1. The van der Waals surface area contributed by atoms with Gasteiger partial charge in [0.05, 0.1) is 6.04 Å². The Morgan fingerprint density at radius 2 is 2.28 bits per heavy atom. The van der Waals surface area contributed by atoms with Crippen molar-refractivity contribution in [1.82, 2.24) is 25.9 Å². The number of carbonyl (C=O) groups excluding carboxylic acids is 1. The fourth-order valence-electron chi connectivity index (χ4n) is 3.47. The zero-order valence-electron chi connectivity index (χ0n) is 15.1. The van der Waals surface area contributed by atoms with Crippen LogP contribution in [0.3, 0.4) is 0 Å². The Labute approximate surface area is 149 Å². The summed E-state index contributed by atoms with van der Waals surface area (Å²) in [6.07, 6.45) is 10.7. The molecule has 2 unspecified atom stereocenters. The van der Waals surface area contributed by atoms with Crippen LogP contribution in [0.4, 0.5) is 5.82 Å². The predicted octanol–water partition coefficient (Wildman–Crippen LogP) is 1.57. The fourth-order valence-corrected chi connectivity index (χ4v) is 3.47. The normalized spacial score (nSPS) is 23.6. The lowest BCUT2D eigenvalue weighted by Crippen LogP contribution is -2.58. The van der Waals surface area contributed by atoms with Crippen LogP contribution in [-0.4, -0.2) is 53.1 Å². The van der Waals surface area contributed by atoms with Crippen LogP contribution in [0.15, 0.2) is 42.5 Å². The number of piperidine rings is 1. The molecule has 0 radical (unpaired) electrons. The Hall–Kier alpha value is -2.41. The summed E-state index contributed by atoms with van der Waals surface area (Å²) in [6, 6.07) is 4.48. The first kappa shape index (κ1) is 17.4. The summed E-state index contributed by atoms with van der Waals surface area (Å²) < 4.78 is 0. The first-order valence-corrected chi connectivity index (χ1v) is 8.88. The molecule has 0 bridgehead atoms. The molecule has 0 aromatic carbocycles. The second kappa shape index (κ2) is 7.65. The summed E-state index contributed by atoms with van der Waals surface area (Å²) >= 11 is 0. The average Bonchev–Trinajstić information content (AvgIpc) is 3.15. The van der Waals surface area contributed by atoms with Gasteiger partial charge in [-0.15, -0.1) is 0 Å². The van der Waals surface area contributed by atoms with Crippen LogP contribution in [0.25, 0.3) is 0 Å². The molecule has 1 aromatic rings. The van der Waals surface area contributed by atoms with Gasteiger partial charge in [-0.3, -0.25) is 5.43 Å². The summed E-state index contributed by atoms with van der Waals surface area (Å²) in [4.78, 5) is 17.0. The number of aromatic nitrogens is 1. The minimum absolute atomic E-state index is 0.120. The summed E-state index contributed by atoms with van der Waals surface area (Å²) in [5.74, 6) is 2.02. The third-order valence-electron chi connectivity index (χ3n) is 4.72. The van der Waals surface area contributed by atoms with Crippen molar-refractivity contribution in [1.29, 1.82) is 0 Å². The van der Waals surface area contributed by atoms with Gasteiger partial charge in [0.1, 0.15) is 17.9 Å². The lowest BCUT2D eigenvalue weighted by atomic mass is 9.97. The van der Waals surface area contributed by atoms with E-state index in [-0.39, 0.29) is 12.1 Å². The summed E-state index contributed by atoms with van der Waals surface area (Å²) in [6.45, 7) is 5.09. The maximum absolute atomic E-state index is 11.7. The van der Waals surface area contributed by atoms with Gasteiger partial charge in [0.25, 0.3) is 0 Å². The van der Waals surface area contributed by atoms with Crippen molar-refractivity contribution in [2.24, 2.45) is 0 Å². The number of carbonyl (C=O) groups is 1. The highest BCUT2D eigenvalue weighted by Crippen LogP contribution is 2.26. The van der Waals surface area contributed by atoms with E-state index in [4.69, 9.17) is 0 Å². The van der Waals surface area contributed by atoms with Crippen LogP contribution >= 0.6 is 0 Å². The highest BCUT2D eigenvalue weighted by atomic mass is 16.1. The maximum Gasteiger partial charge on any atom is 0.142 e. The SMILES string of the molecule is CC(C)NC1=CC=CNN1N(C)C1CCN(c2ccc[nH]2)C(C=O)C1. The molecule has 3 N–H and O–H groups in total. The van der Waals surface area contributed by atoms with Gasteiger partial charge in [0.15, 0.2) is 0 Å². The number of allylic oxidation sites excluding steroid dienone is 2. The number of anilines is 1. The van der Waals surface area contributed by atoms with Crippen LogP contribution in [0.5, 0.6) is 0 Å². The molecule has 2 atom stereocenters. The van der Waals surface area contributed by atoms with E-state index in [9.17, 15) is 4.79 Å². The number of rotatable bonds is 6. The Morgan fingerprint density at radius 1 is 1.44 bits per heavy atom. The molecule has 25 heavy (non-hydrogen) atoms. The zero-order valence-corrected chi connectivity index (χ0v) is 15.1. The highest BCUT2D eigenvalue weighted by Gasteiger charge is 2.33. The number of H-pyrrole nitrogens is 1. The Balaban J connectivity index is 1.69. The fraction of sp³-hybridized carbons (Fsp3) is 0.500. The van der Waals surface area contributed by atoms with E-state index >= 15 is 0 Å². The predicted molar refractivity (Wildman–Crippen MR) is 99.2 cm³/mol. The van der Waals surface area contributed by atoms with Crippen molar-refractivity contribution < 1.29 is 4.79 Å². The zero-order chi connectivity index (χ0) is 17.8. The maximum atomic E-state index is 11.7. The summed E-state index contributed by atoms with van der Waals surface area (Å²) in [5, 5.41) is 7.67. The lowest BCUT2D eigenvalue weighted by Gasteiger charge is -2.45. The molecule has 2 aliphatic rings. The van der Waals surface area contributed by atoms with Crippen molar-refractivity contribution in [3.8, 4) is 0 Å². The Bertz CT molecular complexity index is 624. The van der Waals surface area contributed by atoms with Crippen LogP contribution in [0, 0.1) is 0 Å². The molecule has 0 spiro atoms. The smallest absolute Gasteiger partial charge is 0.142 e. The van der Waals surface area contributed by atoms with Crippen LogP contribution < -0.4 is 15.6 Å². The summed E-state index contributed by atoms with van der Waals surface area (Å²) in [5.41, 5.74) is 3.28. The van der Waals surface area contributed by atoms with Gasteiger partial charge >= 0.3 is 0 Å². The molecule has 1 fully saturated rings. The summed E-state index contributed by atoms with van der Waals surface area (Å²) in [7, 11) is 2.07. The first-order valence-electron chi connectivity index (χ1n) is 8.88. The molecular formula is C18H28N6O. The lowest BCUT2D eigenvalue weighted by molar-refractivity contribution is -0.111. The van der Waals surface area contributed by atoms with E-state index in [0.717, 1.165) is 37.3 Å². The molecule has 7 nitrogen and oxygen atoms in total. The quantitative estimate of drug-likeness (QED) is 0.681. The number of aromatic amines is 1. The number of hydrazine groups is 2. The van der Waals surface area contributed by atoms with Gasteiger partial charge in [-0.2, -0.15) is 0 Å². The standard InChI is InChI=1S/C18H28N6O/c1-14(2)21-18-7-5-10-20-24(18)22(3)15-8-11-23(16(12-15)13-25)17-6-4-9-19-17/h4-7,9-10,13-16,19-21H,8,11-12H2,1-3H3. The number of hydrogen-bond acceptors (Lipinski definition) is 6. The molecule has 136 valence electrons. The van der Waals surface area contributed by atoms with E-state index < -0.39 is 0 Å². The number of aldehydes is 1. The molecule has 7 heteroatoms. The topological polar surface area (TPSA) is 66.6 Å². The molecule has 0 aliphatic carbocycles. The van der Waals surface area contributed by atoms with Gasteiger partial charge in [0.2, 0.25) is 0 Å². The van der Waals surface area contributed by atoms with Crippen molar-refractivity contribution in [3.05, 3.63) is 42.5 Å². The minimum atomic E-state index is -0.120. The molecule has 2 aliphatic heterocycles. The highest BCUT2D eigenvalue weighted by molar-refractivity contribution is 5.65. The Kier molecular flexibility index (Phi) is 5.33. The van der Waals surface area contributed by atoms with Crippen molar-refractivity contribution >= 4 is 12.1 Å². The second-order valence-electron chi connectivity index (χ2n) is 6.86. The van der Waals surface area contributed by atoms with Gasteiger partial charge in [-0.05, 0) is 51.0 Å². The van der Waals surface area contributed by atoms with Crippen molar-refractivity contribution in [2.45, 2.75) is 44.8 Å². The molecular weight excluding hydrogens is 316 g/mol. The minimum Gasteiger partial charge on any atom is -0.367 e. The number of nitrogens with zero attached hydrogens (tertiary/aromatic N) is 3. The number of hydrogen-bond donors (Lipinski definition) is 3. The van der Waals surface area contributed by atoms with Gasteiger partial charge in [-0.25, -0.2) is 10.1 Å². The molecule has 1 saturated heterocycles. The third kappa shape index (κ3) is 3.82. The van der Waals surface area contributed by atoms with E-state index in [2.05, 4.69) is 52.6 Å². The molecule has 0 amide bonds. The van der Waals surface area contributed by atoms with Crippen LogP contribution in [-0.2, 0) is 4.79 Å². The second-order valence-corrected chi connectivity index (χ2v) is 6.86. The third-order valence-corrected chi connectivity index (χ3v) is 4.72. The molecule has 0 saturated carbocycles. The van der Waals surface area contributed by atoms with Gasteiger partial charge < -0.3 is 20.0 Å². The average molecular weight is 344 g/mol. The van der Waals surface area contributed by atoms with Gasteiger partial charge in [0, 0.05) is 38.1 Å². The largest absolute Gasteiger partial charge is 0.367 e. The number of nitrogens with one attached hydrogen (secondary N) is 3. The Morgan fingerprint density at radius 3 is 2.96 bits per heavy atom. The molecule has 3 heterocycles. The van der Waals surface area contributed by atoms with E-state index in [1.165, 1.54) is 0 Å². The van der Waals surface area contributed by atoms with Crippen LogP contribution in [0.2, 0.25) is 0 Å². The molecule has 3 rings (SSSR count). The van der Waals surface area contributed by atoms with E-state index in [0.29, 0.717) is 6.04 Å². The molecule has 1 aromatic heterocycles. The van der Waals surface area contributed by atoms with Gasteiger partial charge in [-0.1, -0.05) is 0 Å². The monoisotopic (exact) mass is 344 g/mol.